The lowest BCUT2D eigenvalue weighted by Crippen LogP contribution is -2.48. The molecule has 0 aromatic heterocycles. The van der Waals surface area contributed by atoms with Crippen molar-refractivity contribution in [1.82, 2.24) is 10.2 Å². The Hall–Kier alpha value is -1.59. The van der Waals surface area contributed by atoms with Crippen molar-refractivity contribution in [2.24, 2.45) is 10.9 Å². The number of piperidine rings is 1. The smallest absolute Gasteiger partial charge is 0.193 e. The second-order valence-corrected chi connectivity index (χ2v) is 6.66. The molecular weight excluding hydrogens is 314 g/mol. The molecule has 1 aromatic carbocycles. The Kier molecular flexibility index (Phi) is 8.77. The minimum Gasteiger partial charge on any atom is -0.382 e. The Bertz CT molecular complexity index is 507. The highest BCUT2D eigenvalue weighted by Gasteiger charge is 2.28. The van der Waals surface area contributed by atoms with Crippen LogP contribution in [-0.4, -0.2) is 64.5 Å². The van der Waals surface area contributed by atoms with Crippen molar-refractivity contribution in [3.05, 3.63) is 35.9 Å². The first-order chi connectivity index (χ1) is 12.3. The molecule has 0 saturated carbocycles. The van der Waals surface area contributed by atoms with E-state index >= 15 is 0 Å². The number of guanidine groups is 1. The molecule has 5 heteroatoms. The quantitative estimate of drug-likeness (QED) is 0.446. The summed E-state index contributed by atoms with van der Waals surface area (Å²) in [6, 6.07) is 10.9. The standard InChI is InChI=1S/C20H33N3O2/c1-17-16-23(12-10-19(17)18-8-5-4-6-9-18)20(21-2)22-11-7-13-25-15-14-24-3/h4-6,8-9,17,19H,7,10-16H2,1-3H3,(H,21,22). The fraction of sp³-hybridized carbons (Fsp3) is 0.650. The Labute approximate surface area is 152 Å². The van der Waals surface area contributed by atoms with Gasteiger partial charge in [0.1, 0.15) is 0 Å². The average molecular weight is 348 g/mol. The lowest BCUT2D eigenvalue weighted by atomic mass is 9.82. The number of nitrogens with zero attached hydrogens (tertiary/aromatic N) is 2. The first-order valence-corrected chi connectivity index (χ1v) is 9.33. The molecule has 25 heavy (non-hydrogen) atoms. The molecule has 1 aliphatic rings. The summed E-state index contributed by atoms with van der Waals surface area (Å²) in [5, 5.41) is 3.47. The van der Waals surface area contributed by atoms with Crippen LogP contribution in [0.4, 0.5) is 0 Å². The van der Waals surface area contributed by atoms with Gasteiger partial charge < -0.3 is 19.7 Å². The third kappa shape index (κ3) is 6.33. The van der Waals surface area contributed by atoms with Crippen LogP contribution in [-0.2, 0) is 9.47 Å². The highest BCUT2D eigenvalue weighted by Crippen LogP contribution is 2.32. The van der Waals surface area contributed by atoms with Crippen LogP contribution in [0, 0.1) is 5.92 Å². The predicted molar refractivity (Wildman–Crippen MR) is 103 cm³/mol. The highest BCUT2D eigenvalue weighted by molar-refractivity contribution is 5.80. The Balaban J connectivity index is 1.73. The van der Waals surface area contributed by atoms with Gasteiger partial charge in [0.25, 0.3) is 0 Å². The van der Waals surface area contributed by atoms with E-state index in [1.807, 2.05) is 7.05 Å². The van der Waals surface area contributed by atoms with Gasteiger partial charge in [0.15, 0.2) is 5.96 Å². The fourth-order valence-electron chi connectivity index (χ4n) is 3.48. The minimum atomic E-state index is 0.618. The molecule has 1 N–H and O–H groups in total. The van der Waals surface area contributed by atoms with E-state index in [4.69, 9.17) is 9.47 Å². The summed E-state index contributed by atoms with van der Waals surface area (Å²) in [6.07, 6.45) is 2.14. The molecule has 1 saturated heterocycles. The van der Waals surface area contributed by atoms with Crippen molar-refractivity contribution in [1.29, 1.82) is 0 Å². The third-order valence-electron chi connectivity index (χ3n) is 4.82. The van der Waals surface area contributed by atoms with Gasteiger partial charge in [0, 0.05) is 40.4 Å². The molecule has 0 bridgehead atoms. The topological polar surface area (TPSA) is 46.1 Å². The lowest BCUT2D eigenvalue weighted by Gasteiger charge is -2.39. The first-order valence-electron chi connectivity index (χ1n) is 9.33. The van der Waals surface area contributed by atoms with Crippen molar-refractivity contribution in [2.75, 3.05) is 53.6 Å². The first kappa shape index (κ1) is 19.7. The summed E-state index contributed by atoms with van der Waals surface area (Å²) in [5.41, 5.74) is 1.46. The molecule has 5 nitrogen and oxygen atoms in total. The van der Waals surface area contributed by atoms with E-state index in [-0.39, 0.29) is 0 Å². The molecule has 0 aliphatic carbocycles. The van der Waals surface area contributed by atoms with Gasteiger partial charge in [-0.05, 0) is 30.2 Å². The molecular formula is C20H33N3O2. The molecule has 1 heterocycles. The summed E-state index contributed by atoms with van der Waals surface area (Å²) in [5.74, 6) is 2.27. The monoisotopic (exact) mass is 347 g/mol. The zero-order chi connectivity index (χ0) is 17.9. The normalized spacial score (nSPS) is 21.4. The maximum absolute atomic E-state index is 5.50. The molecule has 0 spiro atoms. The third-order valence-corrected chi connectivity index (χ3v) is 4.82. The summed E-state index contributed by atoms with van der Waals surface area (Å²) < 4.78 is 10.5. The van der Waals surface area contributed by atoms with Crippen LogP contribution < -0.4 is 5.32 Å². The van der Waals surface area contributed by atoms with Gasteiger partial charge in [-0.2, -0.15) is 0 Å². The van der Waals surface area contributed by atoms with Gasteiger partial charge in [-0.3, -0.25) is 4.99 Å². The summed E-state index contributed by atoms with van der Waals surface area (Å²) in [7, 11) is 3.56. The molecule has 2 atom stereocenters. The molecule has 2 rings (SSSR count). The van der Waals surface area contributed by atoms with Gasteiger partial charge in [-0.25, -0.2) is 0 Å². The van der Waals surface area contributed by atoms with Crippen molar-refractivity contribution < 1.29 is 9.47 Å². The number of aliphatic imine (C=N–C) groups is 1. The van der Waals surface area contributed by atoms with Crippen LogP contribution in [0.5, 0.6) is 0 Å². The van der Waals surface area contributed by atoms with Crippen LogP contribution in [0.1, 0.15) is 31.2 Å². The number of hydrogen-bond donors (Lipinski definition) is 1. The molecule has 1 aromatic rings. The van der Waals surface area contributed by atoms with Gasteiger partial charge in [0.05, 0.1) is 13.2 Å². The molecule has 2 unspecified atom stereocenters. The zero-order valence-corrected chi connectivity index (χ0v) is 15.9. The van der Waals surface area contributed by atoms with Crippen molar-refractivity contribution in [3.63, 3.8) is 0 Å². The number of methoxy groups -OCH3 is 1. The minimum absolute atomic E-state index is 0.618. The highest BCUT2D eigenvalue weighted by atomic mass is 16.5. The van der Waals surface area contributed by atoms with E-state index in [0.29, 0.717) is 25.0 Å². The number of ether oxygens (including phenoxy) is 2. The largest absolute Gasteiger partial charge is 0.382 e. The molecule has 1 fully saturated rings. The van der Waals surface area contributed by atoms with E-state index in [0.717, 1.165) is 38.6 Å². The van der Waals surface area contributed by atoms with Crippen molar-refractivity contribution in [2.45, 2.75) is 25.7 Å². The molecule has 140 valence electrons. The van der Waals surface area contributed by atoms with Crippen molar-refractivity contribution in [3.8, 4) is 0 Å². The van der Waals surface area contributed by atoms with Gasteiger partial charge in [0.2, 0.25) is 0 Å². The second kappa shape index (κ2) is 11.1. The van der Waals surface area contributed by atoms with Crippen LogP contribution in [0.25, 0.3) is 0 Å². The lowest BCUT2D eigenvalue weighted by molar-refractivity contribution is 0.0698. The number of nitrogens with one attached hydrogen (secondary N) is 1. The van der Waals surface area contributed by atoms with Crippen LogP contribution in [0.2, 0.25) is 0 Å². The molecule has 0 radical (unpaired) electrons. The Morgan fingerprint density at radius 1 is 1.24 bits per heavy atom. The Morgan fingerprint density at radius 3 is 2.72 bits per heavy atom. The fourth-order valence-corrected chi connectivity index (χ4v) is 3.48. The zero-order valence-electron chi connectivity index (χ0n) is 15.9. The summed E-state index contributed by atoms with van der Waals surface area (Å²) in [4.78, 5) is 6.85. The van der Waals surface area contributed by atoms with Gasteiger partial charge in [-0.15, -0.1) is 0 Å². The average Bonchev–Trinajstić information content (AvgIpc) is 2.65. The Morgan fingerprint density at radius 2 is 2.04 bits per heavy atom. The molecule has 0 amide bonds. The summed E-state index contributed by atoms with van der Waals surface area (Å²) >= 11 is 0. The number of hydrogen-bond acceptors (Lipinski definition) is 3. The van der Waals surface area contributed by atoms with Gasteiger partial charge in [-0.1, -0.05) is 37.3 Å². The SMILES string of the molecule is CN=C(NCCCOCCOC)N1CCC(c2ccccc2)C(C)C1. The van der Waals surface area contributed by atoms with Crippen LogP contribution >= 0.6 is 0 Å². The van der Waals surface area contributed by atoms with Crippen molar-refractivity contribution >= 4 is 5.96 Å². The van der Waals surface area contributed by atoms with E-state index < -0.39 is 0 Å². The maximum atomic E-state index is 5.50. The van der Waals surface area contributed by atoms with E-state index in [9.17, 15) is 0 Å². The summed E-state index contributed by atoms with van der Waals surface area (Å²) in [6.45, 7) is 7.39. The predicted octanol–water partition coefficient (Wildman–Crippen LogP) is 2.74. The van der Waals surface area contributed by atoms with E-state index in [1.165, 1.54) is 12.0 Å². The van der Waals surface area contributed by atoms with Crippen LogP contribution in [0.15, 0.2) is 35.3 Å². The van der Waals surface area contributed by atoms with Gasteiger partial charge >= 0.3 is 0 Å². The molecule has 1 aliphatic heterocycles. The maximum Gasteiger partial charge on any atom is 0.193 e. The number of benzene rings is 1. The van der Waals surface area contributed by atoms with E-state index in [1.54, 1.807) is 7.11 Å². The second-order valence-electron chi connectivity index (χ2n) is 6.66. The number of rotatable bonds is 8. The van der Waals surface area contributed by atoms with Crippen LogP contribution in [0.3, 0.4) is 0 Å². The number of likely N-dealkylation sites (tertiary alicyclic amines) is 1. The van der Waals surface area contributed by atoms with E-state index in [2.05, 4.69) is 52.5 Å².